The molecule has 2 heterocycles. The van der Waals surface area contributed by atoms with Crippen molar-refractivity contribution >= 4 is 29.2 Å². The van der Waals surface area contributed by atoms with Gasteiger partial charge in [0.2, 0.25) is 5.91 Å². The van der Waals surface area contributed by atoms with Crippen molar-refractivity contribution in [2.24, 2.45) is 0 Å². The third kappa shape index (κ3) is 3.45. The average molecular weight is 374 g/mol. The van der Waals surface area contributed by atoms with Crippen LogP contribution in [0.1, 0.15) is 54.4 Å². The van der Waals surface area contributed by atoms with E-state index in [0.717, 1.165) is 18.5 Å². The van der Waals surface area contributed by atoms with Crippen LogP contribution in [0.2, 0.25) is 5.02 Å². The quantitative estimate of drug-likeness (QED) is 0.768. The summed E-state index contributed by atoms with van der Waals surface area (Å²) >= 11 is 6.13. The van der Waals surface area contributed by atoms with Crippen LogP contribution < -0.4 is 16.0 Å². The van der Waals surface area contributed by atoms with Crippen molar-refractivity contribution in [3.63, 3.8) is 0 Å². The van der Waals surface area contributed by atoms with Crippen molar-refractivity contribution in [1.82, 2.24) is 20.4 Å². The van der Waals surface area contributed by atoms with Gasteiger partial charge >= 0.3 is 0 Å². The highest BCUT2D eigenvalue weighted by molar-refractivity contribution is 6.34. The summed E-state index contributed by atoms with van der Waals surface area (Å²) in [5.41, 5.74) is 1.32. The van der Waals surface area contributed by atoms with Crippen LogP contribution in [0.25, 0.3) is 0 Å². The molecule has 2 aromatic rings. The summed E-state index contributed by atoms with van der Waals surface area (Å²) in [4.78, 5) is 24.6. The smallest absolute Gasteiger partial charge is 0.258 e. The first-order chi connectivity index (χ1) is 12.5. The molecule has 1 aromatic carbocycles. The van der Waals surface area contributed by atoms with Gasteiger partial charge in [-0.2, -0.15) is 5.10 Å². The number of benzene rings is 1. The molecule has 2 atom stereocenters. The van der Waals surface area contributed by atoms with Gasteiger partial charge in [-0.25, -0.2) is 4.68 Å². The Hall–Kier alpha value is -2.38. The Morgan fingerprint density at radius 3 is 2.81 bits per heavy atom. The van der Waals surface area contributed by atoms with E-state index in [4.69, 9.17) is 11.6 Å². The molecule has 1 saturated carbocycles. The van der Waals surface area contributed by atoms with Gasteiger partial charge in [0.15, 0.2) is 6.29 Å². The van der Waals surface area contributed by atoms with Gasteiger partial charge in [0.25, 0.3) is 5.91 Å². The number of halogens is 1. The van der Waals surface area contributed by atoms with E-state index in [1.54, 1.807) is 28.9 Å². The molecule has 1 aliphatic heterocycles. The van der Waals surface area contributed by atoms with Gasteiger partial charge in [0.05, 0.1) is 16.3 Å². The largest absolute Gasteiger partial charge is 0.322 e. The van der Waals surface area contributed by atoms with Crippen molar-refractivity contribution in [1.29, 1.82) is 0 Å². The van der Waals surface area contributed by atoms with Crippen LogP contribution in [0.15, 0.2) is 30.3 Å². The Kier molecular flexibility index (Phi) is 4.42. The summed E-state index contributed by atoms with van der Waals surface area (Å²) in [5, 5.41) is 14.1. The standard InChI is InChI=1S/C18H20ClN5O2/c1-10-8-16(25)22-18(20-10)24-15(9-14(23-24)11-6-7-11)21-17(26)12-4-2-3-5-13(12)19/h2-5,9-11,18,20H,6-8H2,1H3,(H,21,26)(H,22,25). The molecule has 2 aliphatic rings. The van der Waals surface area contributed by atoms with Crippen molar-refractivity contribution < 1.29 is 9.59 Å². The van der Waals surface area contributed by atoms with Gasteiger partial charge in [0.1, 0.15) is 5.82 Å². The number of hydrogen-bond acceptors (Lipinski definition) is 4. The van der Waals surface area contributed by atoms with E-state index in [0.29, 0.717) is 28.7 Å². The highest BCUT2D eigenvalue weighted by atomic mass is 35.5. The lowest BCUT2D eigenvalue weighted by atomic mass is 10.2. The maximum Gasteiger partial charge on any atom is 0.258 e. The normalized spacial score (nSPS) is 22.8. The molecule has 2 amide bonds. The highest BCUT2D eigenvalue weighted by Gasteiger charge is 2.31. The summed E-state index contributed by atoms with van der Waals surface area (Å²) in [6.45, 7) is 1.94. The minimum atomic E-state index is -0.500. The second kappa shape index (κ2) is 6.74. The minimum absolute atomic E-state index is 0.0226. The first-order valence-electron chi connectivity index (χ1n) is 8.72. The van der Waals surface area contributed by atoms with Crippen LogP contribution in [0.4, 0.5) is 5.82 Å². The summed E-state index contributed by atoms with van der Waals surface area (Å²) in [7, 11) is 0. The molecule has 2 unspecified atom stereocenters. The maximum atomic E-state index is 12.6. The van der Waals surface area contributed by atoms with Crippen molar-refractivity contribution in [2.75, 3.05) is 5.32 Å². The van der Waals surface area contributed by atoms with Gasteiger partial charge in [-0.05, 0) is 31.9 Å². The van der Waals surface area contributed by atoms with E-state index < -0.39 is 6.29 Å². The Bertz CT molecular complexity index is 861. The molecule has 0 bridgehead atoms. The molecule has 1 aromatic heterocycles. The van der Waals surface area contributed by atoms with E-state index in [1.165, 1.54) is 0 Å². The fraction of sp³-hybridized carbons (Fsp3) is 0.389. The van der Waals surface area contributed by atoms with Gasteiger partial charge in [-0.1, -0.05) is 23.7 Å². The predicted molar refractivity (Wildman–Crippen MR) is 98.0 cm³/mol. The summed E-state index contributed by atoms with van der Waals surface area (Å²) in [5.74, 6) is 0.593. The molecule has 4 rings (SSSR count). The number of nitrogens with zero attached hydrogens (tertiary/aromatic N) is 2. The molecule has 1 aliphatic carbocycles. The number of anilines is 1. The van der Waals surface area contributed by atoms with E-state index in [2.05, 4.69) is 21.0 Å². The van der Waals surface area contributed by atoms with E-state index >= 15 is 0 Å². The van der Waals surface area contributed by atoms with Crippen LogP contribution in [0.5, 0.6) is 0 Å². The lowest BCUT2D eigenvalue weighted by molar-refractivity contribution is -0.125. The van der Waals surface area contributed by atoms with Crippen LogP contribution in [-0.2, 0) is 4.79 Å². The van der Waals surface area contributed by atoms with E-state index in [1.807, 2.05) is 13.0 Å². The zero-order valence-corrected chi connectivity index (χ0v) is 15.1. The molecular weight excluding hydrogens is 354 g/mol. The number of rotatable bonds is 4. The number of nitrogens with one attached hydrogen (secondary N) is 3. The summed E-state index contributed by atoms with van der Waals surface area (Å²) < 4.78 is 1.63. The first-order valence-corrected chi connectivity index (χ1v) is 9.10. The van der Waals surface area contributed by atoms with Gasteiger partial charge in [-0.15, -0.1) is 0 Å². The molecule has 0 radical (unpaired) electrons. The molecule has 136 valence electrons. The third-order valence-corrected chi connectivity index (χ3v) is 4.92. The Morgan fingerprint density at radius 2 is 2.12 bits per heavy atom. The topological polar surface area (TPSA) is 88.1 Å². The maximum absolute atomic E-state index is 12.6. The van der Waals surface area contributed by atoms with Crippen LogP contribution in [0.3, 0.4) is 0 Å². The minimum Gasteiger partial charge on any atom is -0.322 e. The Morgan fingerprint density at radius 1 is 1.35 bits per heavy atom. The fourth-order valence-electron chi connectivity index (χ4n) is 3.10. The predicted octanol–water partition coefficient (Wildman–Crippen LogP) is 2.62. The van der Waals surface area contributed by atoms with E-state index in [-0.39, 0.29) is 17.9 Å². The third-order valence-electron chi connectivity index (χ3n) is 4.59. The van der Waals surface area contributed by atoms with Crippen LogP contribution in [0, 0.1) is 0 Å². The number of carbonyl (C=O) groups excluding carboxylic acids is 2. The number of carbonyl (C=O) groups is 2. The summed E-state index contributed by atoms with van der Waals surface area (Å²) in [6, 6.07) is 8.78. The van der Waals surface area contributed by atoms with Crippen molar-refractivity contribution in [2.45, 2.75) is 44.4 Å². The SMILES string of the molecule is CC1CC(=O)NC(n2nc(C3CC3)cc2NC(=O)c2ccccc2Cl)N1. The fourth-order valence-corrected chi connectivity index (χ4v) is 3.32. The van der Waals surface area contributed by atoms with E-state index in [9.17, 15) is 9.59 Å². The lowest BCUT2D eigenvalue weighted by Crippen LogP contribution is -2.52. The first kappa shape index (κ1) is 17.1. The average Bonchev–Trinajstić information content (AvgIpc) is 3.35. The zero-order chi connectivity index (χ0) is 18.3. The zero-order valence-electron chi connectivity index (χ0n) is 14.3. The number of aromatic nitrogens is 2. The van der Waals surface area contributed by atoms with Gasteiger partial charge < -0.3 is 10.6 Å². The van der Waals surface area contributed by atoms with Gasteiger partial charge in [-0.3, -0.25) is 14.9 Å². The molecule has 1 saturated heterocycles. The number of amides is 2. The molecule has 26 heavy (non-hydrogen) atoms. The number of hydrogen-bond donors (Lipinski definition) is 3. The molecule has 2 fully saturated rings. The second-order valence-electron chi connectivity index (χ2n) is 6.85. The molecule has 8 heteroatoms. The molecule has 3 N–H and O–H groups in total. The highest BCUT2D eigenvalue weighted by Crippen LogP contribution is 2.40. The Balaban J connectivity index is 1.63. The van der Waals surface area contributed by atoms with Crippen LogP contribution in [-0.4, -0.2) is 27.6 Å². The summed E-state index contributed by atoms with van der Waals surface area (Å²) in [6.07, 6.45) is 2.10. The van der Waals surface area contributed by atoms with Crippen molar-refractivity contribution in [3.8, 4) is 0 Å². The van der Waals surface area contributed by atoms with Gasteiger partial charge in [0, 0.05) is 24.4 Å². The van der Waals surface area contributed by atoms with Crippen molar-refractivity contribution in [3.05, 3.63) is 46.6 Å². The second-order valence-corrected chi connectivity index (χ2v) is 7.26. The molecule has 0 spiro atoms. The van der Waals surface area contributed by atoms with Crippen LogP contribution >= 0.6 is 11.6 Å². The molecule has 7 nitrogen and oxygen atoms in total. The molecular formula is C18H20ClN5O2. The monoisotopic (exact) mass is 373 g/mol. The Labute approximate surface area is 156 Å². The lowest BCUT2D eigenvalue weighted by Gasteiger charge is -2.30.